The number of alkyl halides is 3. The Morgan fingerprint density at radius 2 is 1.55 bits per heavy atom. The number of halogens is 3. The van der Waals surface area contributed by atoms with Gasteiger partial charge in [-0.1, -0.05) is 37.3 Å². The number of carbonyl (C=O) groups is 1. The van der Waals surface area contributed by atoms with Gasteiger partial charge in [0.25, 0.3) is 0 Å². The van der Waals surface area contributed by atoms with Gasteiger partial charge in [-0.25, -0.2) is 8.42 Å². The molecule has 2 aromatic rings. The van der Waals surface area contributed by atoms with Gasteiger partial charge in [-0.2, -0.15) is 19.1 Å². The maximum Gasteiger partial charge on any atom is 2.00 e. The van der Waals surface area contributed by atoms with E-state index in [9.17, 15) is 18.0 Å². The molecule has 0 spiro atoms. The first-order valence-corrected chi connectivity index (χ1v) is 10.6. The molecule has 0 aliphatic heterocycles. The van der Waals surface area contributed by atoms with E-state index in [2.05, 4.69) is 16.4 Å². The molecule has 31 heavy (non-hydrogen) atoms. The molecule has 2 aromatic heterocycles. The van der Waals surface area contributed by atoms with E-state index in [-0.39, 0.29) is 20.4 Å². The summed E-state index contributed by atoms with van der Waals surface area (Å²) >= 11 is 0. The number of Topliss-reactive ketones (excluding diaryl/α,β-unsaturated/α-hetero) is 1. The number of fused-ring (bicyclic) bond motifs is 2. The summed E-state index contributed by atoms with van der Waals surface area (Å²) in [4.78, 5) is 19.4. The molecule has 0 N–H and O–H groups in total. The van der Waals surface area contributed by atoms with Crippen molar-refractivity contribution in [2.45, 2.75) is 31.7 Å². The molecule has 0 saturated heterocycles. The summed E-state index contributed by atoms with van der Waals surface area (Å²) in [7, 11) is -6.09. The van der Waals surface area contributed by atoms with Crippen LogP contribution in [-0.4, -0.2) is 34.2 Å². The van der Waals surface area contributed by atoms with E-state index in [1.54, 1.807) is 19.3 Å². The summed E-state index contributed by atoms with van der Waals surface area (Å²) in [6, 6.07) is 11.6. The van der Waals surface area contributed by atoms with Gasteiger partial charge < -0.3 is 15.8 Å². The fourth-order valence-electron chi connectivity index (χ4n) is 3.50. The molecule has 2 aliphatic rings. The minimum Gasteiger partial charge on any atom is -0.741 e. The average molecular weight is 549 g/mol. The fraction of sp³-hybridized carbons (Fsp3) is 0.400. The van der Waals surface area contributed by atoms with Gasteiger partial charge in [-0.3, -0.25) is 9.97 Å². The third kappa shape index (κ3) is 8.41. The van der Waals surface area contributed by atoms with E-state index in [0.29, 0.717) is 11.7 Å². The zero-order chi connectivity index (χ0) is 22.4. The topological polar surface area (TPSA) is 100 Å². The first-order chi connectivity index (χ1) is 14.0. The van der Waals surface area contributed by atoms with Gasteiger partial charge in [-0.15, -0.1) is 5.92 Å². The van der Waals surface area contributed by atoms with Crippen LogP contribution in [0.1, 0.15) is 26.2 Å². The van der Waals surface area contributed by atoms with Crippen molar-refractivity contribution in [3.8, 4) is 11.4 Å². The maximum absolute atomic E-state index is 11.0. The minimum absolute atomic E-state index is 0. The van der Waals surface area contributed by atoms with Crippen LogP contribution in [0.5, 0.6) is 0 Å². The fourth-order valence-corrected chi connectivity index (χ4v) is 3.50. The predicted octanol–water partition coefficient (Wildman–Crippen LogP) is 4.02. The number of nitrogens with zero attached hydrogens (tertiary/aromatic N) is 2. The summed E-state index contributed by atoms with van der Waals surface area (Å²) in [5.74, 6) is 2.23. The molecule has 0 amide bonds. The Labute approximate surface area is 193 Å². The van der Waals surface area contributed by atoms with Gasteiger partial charge in [0, 0.05) is 12.4 Å². The van der Waals surface area contributed by atoms with E-state index >= 15 is 0 Å². The number of pyridine rings is 2. The smallest absolute Gasteiger partial charge is 0.741 e. The predicted molar refractivity (Wildman–Crippen MR) is 103 cm³/mol. The molecule has 0 radical (unpaired) electrons. The quantitative estimate of drug-likeness (QED) is 0.243. The first kappa shape index (κ1) is 27.4. The van der Waals surface area contributed by atoms with E-state index in [0.717, 1.165) is 23.2 Å². The molecule has 0 aromatic carbocycles. The van der Waals surface area contributed by atoms with Crippen LogP contribution in [0.3, 0.4) is 0 Å². The zero-order valence-electron chi connectivity index (χ0n) is 16.4. The summed E-state index contributed by atoms with van der Waals surface area (Å²) in [6.07, 6.45) is 9.74. The van der Waals surface area contributed by atoms with Gasteiger partial charge in [0.2, 0.25) is 0 Å². The second-order valence-electron chi connectivity index (χ2n) is 6.99. The standard InChI is InChI=1S/C10H8N2.C9H13O.CHF3O3S.Pd/c1-3-7-11-9(5-1)10-6-2-4-8-12-10;1-6(10)9-5-7-2-3-8(9)4-7;2-1(3,4)8(5,6)7;/h1-8H;5,7-9H,2-4H2,1H3;(H,5,6,7);/q;-1;;+2/p-1/t;7-,8+,9-;;/m.0../s1. The van der Waals surface area contributed by atoms with E-state index in [1.165, 1.54) is 19.3 Å². The molecule has 2 heterocycles. The van der Waals surface area contributed by atoms with Crippen LogP contribution in [-0.2, 0) is 35.3 Å². The number of ketones is 1. The molecular weight excluding hydrogens is 528 g/mol. The Kier molecular flexibility index (Phi) is 10.4. The molecule has 4 rings (SSSR count). The summed E-state index contributed by atoms with van der Waals surface area (Å²) in [5, 5.41) is 0. The number of hydrogen-bond acceptors (Lipinski definition) is 6. The van der Waals surface area contributed by atoms with Crippen molar-refractivity contribution in [1.29, 1.82) is 0 Å². The van der Waals surface area contributed by atoms with Gasteiger partial charge in [0.05, 0.1) is 11.4 Å². The van der Waals surface area contributed by atoms with E-state index < -0.39 is 15.6 Å². The van der Waals surface area contributed by atoms with Crippen LogP contribution in [0.2, 0.25) is 0 Å². The van der Waals surface area contributed by atoms with Crippen LogP contribution >= 0.6 is 0 Å². The molecule has 0 unspecified atom stereocenters. The summed E-state index contributed by atoms with van der Waals surface area (Å²) < 4.78 is 58.9. The molecular formula is C20H21F3N2O4PdS. The molecule has 11 heteroatoms. The van der Waals surface area contributed by atoms with Gasteiger partial charge >= 0.3 is 25.9 Å². The van der Waals surface area contributed by atoms with Crippen molar-refractivity contribution in [3.05, 3.63) is 55.2 Å². The Bertz CT molecular complexity index is 891. The molecule has 2 bridgehead atoms. The normalized spacial score (nSPS) is 21.6. The van der Waals surface area contributed by atoms with Crippen LogP contribution < -0.4 is 0 Å². The monoisotopic (exact) mass is 548 g/mol. The SMILES string of the molecule is CC(=O)[C@@H]1[CH-][C@H]2CC[C@@H]1C2.O=S(=O)([O-])C(F)(F)F.[Pd+2].c1ccc(-c2ccccn2)nc1. The van der Waals surface area contributed by atoms with Crippen molar-refractivity contribution < 1.29 is 51.4 Å². The number of carbonyl (C=O) groups excluding carboxylic acids is 1. The molecule has 3 atom stereocenters. The maximum atomic E-state index is 11.0. The first-order valence-electron chi connectivity index (χ1n) is 9.19. The largest absolute Gasteiger partial charge is 2.00 e. The second-order valence-corrected chi connectivity index (χ2v) is 8.36. The van der Waals surface area contributed by atoms with Crippen molar-refractivity contribution >= 4 is 15.9 Å². The zero-order valence-corrected chi connectivity index (χ0v) is 18.8. The third-order valence-corrected chi connectivity index (χ3v) is 5.41. The molecule has 2 aliphatic carbocycles. The van der Waals surface area contributed by atoms with Gasteiger partial charge in [0.15, 0.2) is 10.1 Å². The molecule has 172 valence electrons. The van der Waals surface area contributed by atoms with Crippen molar-refractivity contribution in [2.24, 2.45) is 17.8 Å². The number of aromatic nitrogens is 2. The van der Waals surface area contributed by atoms with Gasteiger partial charge in [-0.05, 0) is 31.2 Å². The van der Waals surface area contributed by atoms with Crippen molar-refractivity contribution in [1.82, 2.24) is 9.97 Å². The Morgan fingerprint density at radius 3 is 1.77 bits per heavy atom. The molecule has 6 nitrogen and oxygen atoms in total. The van der Waals surface area contributed by atoms with Crippen molar-refractivity contribution in [2.75, 3.05) is 0 Å². The number of rotatable bonds is 2. The van der Waals surface area contributed by atoms with E-state index in [4.69, 9.17) is 13.0 Å². The molecule has 2 fully saturated rings. The number of hydrogen-bond donors (Lipinski definition) is 0. The van der Waals surface area contributed by atoms with Crippen LogP contribution in [0.4, 0.5) is 13.2 Å². The molecule has 2 saturated carbocycles. The van der Waals surface area contributed by atoms with Crippen LogP contribution in [0.15, 0.2) is 48.8 Å². The minimum atomic E-state index is -6.09. The van der Waals surface area contributed by atoms with Crippen LogP contribution in [0.25, 0.3) is 11.4 Å². The van der Waals surface area contributed by atoms with E-state index in [1.807, 2.05) is 36.4 Å². The summed E-state index contributed by atoms with van der Waals surface area (Å²) in [6.45, 7) is 1.72. The summed E-state index contributed by atoms with van der Waals surface area (Å²) in [5.41, 5.74) is -3.82. The Balaban J connectivity index is 0.000000234. The van der Waals surface area contributed by atoms with Crippen molar-refractivity contribution in [3.63, 3.8) is 0 Å². The second kappa shape index (κ2) is 11.8. The Morgan fingerprint density at radius 1 is 1.06 bits per heavy atom. The third-order valence-electron chi connectivity index (χ3n) is 4.85. The Hall–Kier alpha value is -1.67. The van der Waals surface area contributed by atoms with Gasteiger partial charge in [0.1, 0.15) is 5.78 Å². The van der Waals surface area contributed by atoms with Crippen LogP contribution in [0, 0.1) is 24.2 Å². The average Bonchev–Trinajstić information content (AvgIpc) is 3.33.